The van der Waals surface area contributed by atoms with E-state index in [0.717, 1.165) is 24.1 Å². The number of hydrogen-bond acceptors (Lipinski definition) is 3. The number of hydrogen-bond donors (Lipinski definition) is 1. The number of methoxy groups -OCH3 is 1. The summed E-state index contributed by atoms with van der Waals surface area (Å²) >= 11 is 5.99. The minimum atomic E-state index is 0.402. The van der Waals surface area contributed by atoms with E-state index in [1.165, 1.54) is 0 Å². The van der Waals surface area contributed by atoms with Crippen LogP contribution in [0.1, 0.15) is 18.4 Å². The number of halogens is 1. The van der Waals surface area contributed by atoms with Crippen molar-refractivity contribution < 1.29 is 4.74 Å². The molecule has 1 aromatic heterocycles. The third-order valence-electron chi connectivity index (χ3n) is 2.76. The summed E-state index contributed by atoms with van der Waals surface area (Å²) in [5.74, 6) is 0. The summed E-state index contributed by atoms with van der Waals surface area (Å²) in [6.45, 7) is 2.01. The van der Waals surface area contributed by atoms with Gasteiger partial charge in [-0.1, -0.05) is 11.6 Å². The molecule has 1 saturated carbocycles. The van der Waals surface area contributed by atoms with Crippen LogP contribution >= 0.6 is 11.6 Å². The fourth-order valence-corrected chi connectivity index (χ4v) is 1.91. The normalized spacial score (nSPS) is 24.7. The molecule has 0 saturated heterocycles. The first-order valence-electron chi connectivity index (χ1n) is 5.10. The number of ether oxygens (including phenoxy) is 1. The number of aromatic nitrogens is 1. The molecule has 15 heavy (non-hydrogen) atoms. The van der Waals surface area contributed by atoms with Gasteiger partial charge in [-0.05, 0) is 31.4 Å². The van der Waals surface area contributed by atoms with Gasteiger partial charge in [0.15, 0.2) is 5.15 Å². The number of anilines is 1. The summed E-state index contributed by atoms with van der Waals surface area (Å²) in [6.07, 6.45) is 4.26. The van der Waals surface area contributed by atoms with Gasteiger partial charge in [0, 0.05) is 19.3 Å². The molecule has 0 bridgehead atoms. The largest absolute Gasteiger partial charge is 0.381 e. The molecule has 4 heteroatoms. The van der Waals surface area contributed by atoms with Crippen molar-refractivity contribution in [1.29, 1.82) is 0 Å². The standard InChI is InChI=1S/C11H15ClN2O/c1-7-3-10(11(12)13-6-7)14-8-4-9(5-8)15-2/h3,6,8-9,14H,4-5H2,1-2H3. The average Bonchev–Trinajstić information content (AvgIpc) is 2.16. The molecule has 1 heterocycles. The molecule has 82 valence electrons. The Balaban J connectivity index is 1.97. The number of nitrogens with one attached hydrogen (secondary N) is 1. The van der Waals surface area contributed by atoms with Crippen LogP contribution in [0, 0.1) is 6.92 Å². The average molecular weight is 227 g/mol. The molecule has 3 nitrogen and oxygen atoms in total. The van der Waals surface area contributed by atoms with Gasteiger partial charge >= 0.3 is 0 Å². The van der Waals surface area contributed by atoms with E-state index in [0.29, 0.717) is 17.3 Å². The van der Waals surface area contributed by atoms with Crippen LogP contribution in [0.25, 0.3) is 0 Å². The van der Waals surface area contributed by atoms with Crippen LogP contribution < -0.4 is 5.32 Å². The van der Waals surface area contributed by atoms with E-state index in [1.807, 2.05) is 13.0 Å². The highest BCUT2D eigenvalue weighted by Gasteiger charge is 2.29. The molecule has 0 aliphatic heterocycles. The van der Waals surface area contributed by atoms with Crippen molar-refractivity contribution in [1.82, 2.24) is 4.98 Å². The van der Waals surface area contributed by atoms with Gasteiger partial charge in [0.05, 0.1) is 11.8 Å². The zero-order chi connectivity index (χ0) is 10.8. The summed E-state index contributed by atoms with van der Waals surface area (Å²) < 4.78 is 5.22. The lowest BCUT2D eigenvalue weighted by atomic mass is 9.89. The highest BCUT2D eigenvalue weighted by Crippen LogP contribution is 2.29. The van der Waals surface area contributed by atoms with Crippen LogP contribution in [0.5, 0.6) is 0 Å². The lowest BCUT2D eigenvalue weighted by molar-refractivity contribution is 0.0328. The molecular weight excluding hydrogens is 212 g/mol. The monoisotopic (exact) mass is 226 g/mol. The molecule has 1 aliphatic rings. The molecule has 1 aromatic rings. The Morgan fingerprint density at radius 2 is 2.27 bits per heavy atom. The predicted octanol–water partition coefficient (Wildman–Crippen LogP) is 2.63. The van der Waals surface area contributed by atoms with Gasteiger partial charge in [-0.3, -0.25) is 0 Å². The zero-order valence-electron chi connectivity index (χ0n) is 8.96. The van der Waals surface area contributed by atoms with E-state index in [2.05, 4.69) is 10.3 Å². The fraction of sp³-hybridized carbons (Fsp3) is 0.545. The Hall–Kier alpha value is -0.800. The van der Waals surface area contributed by atoms with E-state index in [-0.39, 0.29) is 0 Å². The Bertz CT molecular complexity index is 350. The molecule has 0 aromatic carbocycles. The molecule has 0 amide bonds. The lowest BCUT2D eigenvalue weighted by Crippen LogP contribution is -2.40. The van der Waals surface area contributed by atoms with Crippen molar-refractivity contribution in [3.63, 3.8) is 0 Å². The van der Waals surface area contributed by atoms with E-state index < -0.39 is 0 Å². The maximum Gasteiger partial charge on any atom is 0.152 e. The van der Waals surface area contributed by atoms with Crippen molar-refractivity contribution in [3.05, 3.63) is 23.0 Å². The summed E-state index contributed by atoms with van der Waals surface area (Å²) in [6, 6.07) is 2.49. The second-order valence-electron chi connectivity index (χ2n) is 4.02. The van der Waals surface area contributed by atoms with Gasteiger partial charge in [0.2, 0.25) is 0 Å². The summed E-state index contributed by atoms with van der Waals surface area (Å²) in [5.41, 5.74) is 2.04. The van der Waals surface area contributed by atoms with E-state index in [4.69, 9.17) is 16.3 Å². The maximum atomic E-state index is 5.99. The van der Waals surface area contributed by atoms with E-state index in [9.17, 15) is 0 Å². The zero-order valence-corrected chi connectivity index (χ0v) is 9.71. The molecular formula is C11H15ClN2O. The summed E-state index contributed by atoms with van der Waals surface area (Å²) in [7, 11) is 1.75. The first-order chi connectivity index (χ1) is 7.19. The predicted molar refractivity (Wildman–Crippen MR) is 61.4 cm³/mol. The maximum absolute atomic E-state index is 5.99. The molecule has 0 spiro atoms. The van der Waals surface area contributed by atoms with Crippen LogP contribution in [0.4, 0.5) is 5.69 Å². The molecule has 1 fully saturated rings. The molecule has 1 aliphatic carbocycles. The smallest absolute Gasteiger partial charge is 0.152 e. The van der Waals surface area contributed by atoms with Crippen molar-refractivity contribution >= 4 is 17.3 Å². The van der Waals surface area contributed by atoms with Gasteiger partial charge in [-0.25, -0.2) is 4.98 Å². The van der Waals surface area contributed by atoms with Gasteiger partial charge in [-0.2, -0.15) is 0 Å². The Morgan fingerprint density at radius 1 is 1.53 bits per heavy atom. The van der Waals surface area contributed by atoms with Crippen molar-refractivity contribution in [2.75, 3.05) is 12.4 Å². The fourth-order valence-electron chi connectivity index (χ4n) is 1.75. The number of nitrogens with zero attached hydrogens (tertiary/aromatic N) is 1. The molecule has 1 N–H and O–H groups in total. The third kappa shape index (κ3) is 2.41. The highest BCUT2D eigenvalue weighted by molar-refractivity contribution is 6.31. The Kier molecular flexibility index (Phi) is 3.12. The van der Waals surface area contributed by atoms with Crippen molar-refractivity contribution in [3.8, 4) is 0 Å². The van der Waals surface area contributed by atoms with Crippen LogP contribution in [0.15, 0.2) is 12.3 Å². The number of aryl methyl sites for hydroxylation is 1. The van der Waals surface area contributed by atoms with Crippen LogP contribution in [0.3, 0.4) is 0 Å². The number of rotatable bonds is 3. The van der Waals surface area contributed by atoms with Gasteiger partial charge in [0.25, 0.3) is 0 Å². The van der Waals surface area contributed by atoms with Crippen LogP contribution in [0.2, 0.25) is 5.15 Å². The van der Waals surface area contributed by atoms with E-state index >= 15 is 0 Å². The summed E-state index contributed by atoms with van der Waals surface area (Å²) in [5, 5.41) is 3.92. The molecule has 0 unspecified atom stereocenters. The minimum absolute atomic E-state index is 0.402. The van der Waals surface area contributed by atoms with E-state index in [1.54, 1.807) is 13.3 Å². The summed E-state index contributed by atoms with van der Waals surface area (Å²) in [4.78, 5) is 4.10. The van der Waals surface area contributed by atoms with Crippen LogP contribution in [-0.4, -0.2) is 24.2 Å². The number of pyridine rings is 1. The molecule has 0 atom stereocenters. The topological polar surface area (TPSA) is 34.1 Å². The minimum Gasteiger partial charge on any atom is -0.381 e. The Morgan fingerprint density at radius 3 is 2.93 bits per heavy atom. The first kappa shape index (κ1) is 10.7. The lowest BCUT2D eigenvalue weighted by Gasteiger charge is -2.35. The quantitative estimate of drug-likeness (QED) is 0.805. The van der Waals surface area contributed by atoms with Crippen molar-refractivity contribution in [2.45, 2.75) is 31.9 Å². The highest BCUT2D eigenvalue weighted by atomic mass is 35.5. The van der Waals surface area contributed by atoms with Crippen molar-refractivity contribution in [2.24, 2.45) is 0 Å². The third-order valence-corrected chi connectivity index (χ3v) is 3.06. The van der Waals surface area contributed by atoms with Crippen LogP contribution in [-0.2, 0) is 4.74 Å². The SMILES string of the molecule is COC1CC(Nc2cc(C)cnc2Cl)C1. The molecule has 2 rings (SSSR count). The molecule has 0 radical (unpaired) electrons. The van der Waals surface area contributed by atoms with Gasteiger partial charge in [0.1, 0.15) is 0 Å². The van der Waals surface area contributed by atoms with Gasteiger partial charge < -0.3 is 10.1 Å². The second-order valence-corrected chi connectivity index (χ2v) is 4.38. The first-order valence-corrected chi connectivity index (χ1v) is 5.48. The second kappa shape index (κ2) is 4.37. The van der Waals surface area contributed by atoms with Gasteiger partial charge in [-0.15, -0.1) is 0 Å². The Labute approximate surface area is 94.8 Å².